The van der Waals surface area contributed by atoms with Gasteiger partial charge in [0.05, 0.1) is 25.9 Å². The summed E-state index contributed by atoms with van der Waals surface area (Å²) in [6.07, 6.45) is 4.18. The molecular formula is C9H14O3. The minimum Gasteiger partial charge on any atom is -0.376 e. The lowest BCUT2D eigenvalue weighted by molar-refractivity contribution is -0.119. The van der Waals surface area contributed by atoms with E-state index < -0.39 is 0 Å². The smallest absolute Gasteiger partial charge is 0.126 e. The molecule has 1 aliphatic carbocycles. The van der Waals surface area contributed by atoms with E-state index in [-0.39, 0.29) is 11.5 Å². The van der Waals surface area contributed by atoms with Crippen molar-refractivity contribution < 1.29 is 14.3 Å². The minimum atomic E-state index is -0.0363. The molecular weight excluding hydrogens is 156 g/mol. The highest BCUT2D eigenvalue weighted by Crippen LogP contribution is 2.48. The van der Waals surface area contributed by atoms with Crippen LogP contribution in [-0.2, 0) is 14.3 Å². The van der Waals surface area contributed by atoms with E-state index in [0.29, 0.717) is 19.8 Å². The number of aldehydes is 1. The molecule has 1 atom stereocenters. The highest BCUT2D eigenvalue weighted by atomic mass is 16.6. The summed E-state index contributed by atoms with van der Waals surface area (Å²) in [6.45, 7) is 2.04. The molecule has 2 fully saturated rings. The average molecular weight is 170 g/mol. The third-order valence-corrected chi connectivity index (χ3v) is 2.66. The third-order valence-electron chi connectivity index (χ3n) is 2.66. The largest absolute Gasteiger partial charge is 0.376 e. The van der Waals surface area contributed by atoms with Gasteiger partial charge in [0.2, 0.25) is 0 Å². The summed E-state index contributed by atoms with van der Waals surface area (Å²) in [5.41, 5.74) is -0.0363. The van der Waals surface area contributed by atoms with Crippen molar-refractivity contribution in [2.45, 2.75) is 25.4 Å². The van der Waals surface area contributed by atoms with Crippen LogP contribution < -0.4 is 0 Å². The zero-order chi connectivity index (χ0) is 8.44. The summed E-state index contributed by atoms with van der Waals surface area (Å²) < 4.78 is 10.7. The standard InChI is InChI=1S/C9H14O3/c10-7-9(1-2-9)5-8-6-11-3-4-12-8/h7-8H,1-6H2. The average Bonchev–Trinajstić information content (AvgIpc) is 2.88. The first-order valence-electron chi connectivity index (χ1n) is 4.50. The fraction of sp³-hybridized carbons (Fsp3) is 0.889. The second kappa shape index (κ2) is 3.15. The Morgan fingerprint density at radius 1 is 1.42 bits per heavy atom. The number of carbonyl (C=O) groups is 1. The normalized spacial score (nSPS) is 32.8. The first-order chi connectivity index (χ1) is 5.85. The molecule has 0 amide bonds. The molecule has 0 aromatic carbocycles. The van der Waals surface area contributed by atoms with Gasteiger partial charge < -0.3 is 14.3 Å². The zero-order valence-electron chi connectivity index (χ0n) is 7.12. The van der Waals surface area contributed by atoms with Crippen LogP contribution in [0.3, 0.4) is 0 Å². The van der Waals surface area contributed by atoms with Crippen LogP contribution in [0, 0.1) is 5.41 Å². The van der Waals surface area contributed by atoms with Gasteiger partial charge >= 0.3 is 0 Å². The highest BCUT2D eigenvalue weighted by molar-refractivity contribution is 5.63. The van der Waals surface area contributed by atoms with E-state index in [4.69, 9.17) is 9.47 Å². The van der Waals surface area contributed by atoms with Crippen molar-refractivity contribution in [3.8, 4) is 0 Å². The van der Waals surface area contributed by atoms with E-state index in [2.05, 4.69) is 0 Å². The lowest BCUT2D eigenvalue weighted by atomic mass is 10.0. The van der Waals surface area contributed by atoms with Crippen LogP contribution in [0.2, 0.25) is 0 Å². The molecule has 1 saturated heterocycles. The van der Waals surface area contributed by atoms with Crippen molar-refractivity contribution in [3.63, 3.8) is 0 Å². The fourth-order valence-electron chi connectivity index (χ4n) is 1.64. The quantitative estimate of drug-likeness (QED) is 0.587. The number of carbonyl (C=O) groups excluding carboxylic acids is 1. The lowest BCUT2D eigenvalue weighted by Crippen LogP contribution is -2.31. The molecule has 12 heavy (non-hydrogen) atoms. The number of rotatable bonds is 3. The highest BCUT2D eigenvalue weighted by Gasteiger charge is 2.44. The van der Waals surface area contributed by atoms with Gasteiger partial charge in [0, 0.05) is 5.41 Å². The van der Waals surface area contributed by atoms with E-state index in [0.717, 1.165) is 25.5 Å². The van der Waals surface area contributed by atoms with Gasteiger partial charge in [-0.15, -0.1) is 0 Å². The third kappa shape index (κ3) is 1.67. The van der Waals surface area contributed by atoms with Crippen molar-refractivity contribution in [2.24, 2.45) is 5.41 Å². The van der Waals surface area contributed by atoms with E-state index in [1.54, 1.807) is 0 Å². The monoisotopic (exact) mass is 170 g/mol. The zero-order valence-corrected chi connectivity index (χ0v) is 7.12. The Balaban J connectivity index is 1.81. The summed E-state index contributed by atoms with van der Waals surface area (Å²) >= 11 is 0. The van der Waals surface area contributed by atoms with Crippen LogP contribution in [0.15, 0.2) is 0 Å². The molecule has 3 heteroatoms. The Kier molecular flexibility index (Phi) is 2.15. The summed E-state index contributed by atoms with van der Waals surface area (Å²) in [5.74, 6) is 0. The van der Waals surface area contributed by atoms with Gasteiger partial charge in [-0.3, -0.25) is 0 Å². The predicted molar refractivity (Wildman–Crippen MR) is 42.9 cm³/mol. The Morgan fingerprint density at radius 3 is 2.75 bits per heavy atom. The molecule has 1 unspecified atom stereocenters. The van der Waals surface area contributed by atoms with Crippen molar-refractivity contribution in [3.05, 3.63) is 0 Å². The molecule has 0 radical (unpaired) electrons. The van der Waals surface area contributed by atoms with Crippen LogP contribution in [0.4, 0.5) is 0 Å². The maximum absolute atomic E-state index is 10.7. The summed E-state index contributed by atoms with van der Waals surface area (Å²) in [7, 11) is 0. The molecule has 2 rings (SSSR count). The van der Waals surface area contributed by atoms with E-state index >= 15 is 0 Å². The van der Waals surface area contributed by atoms with Crippen LogP contribution in [-0.4, -0.2) is 32.2 Å². The SMILES string of the molecule is O=CC1(CC2COCCO2)CC1. The second-order valence-corrected chi connectivity index (χ2v) is 3.75. The molecule has 0 aromatic heterocycles. The van der Waals surface area contributed by atoms with Crippen molar-refractivity contribution >= 4 is 6.29 Å². The molecule has 3 nitrogen and oxygen atoms in total. The van der Waals surface area contributed by atoms with Gasteiger partial charge in [-0.1, -0.05) is 0 Å². The molecule has 1 aliphatic heterocycles. The van der Waals surface area contributed by atoms with Gasteiger partial charge in [0.25, 0.3) is 0 Å². The maximum atomic E-state index is 10.7. The van der Waals surface area contributed by atoms with Gasteiger partial charge in [0.1, 0.15) is 6.29 Å². The summed E-state index contributed by atoms with van der Waals surface area (Å²) in [4.78, 5) is 10.7. The van der Waals surface area contributed by atoms with Crippen LogP contribution in [0.1, 0.15) is 19.3 Å². The summed E-state index contributed by atoms with van der Waals surface area (Å²) in [5, 5.41) is 0. The maximum Gasteiger partial charge on any atom is 0.126 e. The first kappa shape index (κ1) is 8.20. The van der Waals surface area contributed by atoms with E-state index in [1.807, 2.05) is 0 Å². The van der Waals surface area contributed by atoms with Crippen LogP contribution >= 0.6 is 0 Å². The Bertz CT molecular complexity index is 169. The van der Waals surface area contributed by atoms with E-state index in [1.165, 1.54) is 0 Å². The molecule has 0 bridgehead atoms. The van der Waals surface area contributed by atoms with Gasteiger partial charge in [-0.05, 0) is 19.3 Å². The molecule has 1 saturated carbocycles. The van der Waals surface area contributed by atoms with Crippen molar-refractivity contribution in [2.75, 3.05) is 19.8 Å². The minimum absolute atomic E-state index is 0.0363. The Hall–Kier alpha value is -0.410. The second-order valence-electron chi connectivity index (χ2n) is 3.75. The van der Waals surface area contributed by atoms with Gasteiger partial charge in [0.15, 0.2) is 0 Å². The molecule has 1 heterocycles. The topological polar surface area (TPSA) is 35.5 Å². The molecule has 0 aromatic rings. The number of hydrogen-bond donors (Lipinski definition) is 0. The predicted octanol–water partition coefficient (Wildman–Crippen LogP) is 0.771. The van der Waals surface area contributed by atoms with Crippen molar-refractivity contribution in [1.82, 2.24) is 0 Å². The van der Waals surface area contributed by atoms with Gasteiger partial charge in [-0.2, -0.15) is 0 Å². The number of ether oxygens (including phenoxy) is 2. The fourth-order valence-corrected chi connectivity index (χ4v) is 1.64. The number of hydrogen-bond acceptors (Lipinski definition) is 3. The molecule has 2 aliphatic rings. The Morgan fingerprint density at radius 2 is 2.25 bits per heavy atom. The first-order valence-corrected chi connectivity index (χ1v) is 4.50. The van der Waals surface area contributed by atoms with Gasteiger partial charge in [-0.25, -0.2) is 0 Å². The Labute approximate surface area is 72.0 Å². The van der Waals surface area contributed by atoms with Crippen LogP contribution in [0.5, 0.6) is 0 Å². The van der Waals surface area contributed by atoms with Crippen molar-refractivity contribution in [1.29, 1.82) is 0 Å². The molecule has 68 valence electrons. The van der Waals surface area contributed by atoms with Crippen LogP contribution in [0.25, 0.3) is 0 Å². The van der Waals surface area contributed by atoms with E-state index in [9.17, 15) is 4.79 Å². The lowest BCUT2D eigenvalue weighted by Gasteiger charge is -2.24. The summed E-state index contributed by atoms with van der Waals surface area (Å²) in [6, 6.07) is 0. The molecule has 0 N–H and O–H groups in total. The molecule has 0 spiro atoms.